The molecule has 0 spiro atoms. The molecule has 120 valence electrons. The van der Waals surface area contributed by atoms with Gasteiger partial charge in [-0.05, 0) is 36.4 Å². The van der Waals surface area contributed by atoms with E-state index in [9.17, 15) is 13.2 Å². The third-order valence-corrected chi connectivity index (χ3v) is 3.18. The second-order valence-corrected chi connectivity index (χ2v) is 4.92. The monoisotopic (exact) mass is 327 g/mol. The fourth-order valence-electron chi connectivity index (χ4n) is 2.12. The molecule has 0 fully saturated rings. The van der Waals surface area contributed by atoms with Crippen molar-refractivity contribution in [2.24, 2.45) is 4.99 Å². The Morgan fingerprint density at radius 1 is 0.792 bits per heavy atom. The number of pyridine rings is 2. The van der Waals surface area contributed by atoms with E-state index in [2.05, 4.69) is 15.0 Å². The zero-order chi connectivity index (χ0) is 17.0. The van der Waals surface area contributed by atoms with Gasteiger partial charge in [0.15, 0.2) is 5.71 Å². The lowest BCUT2D eigenvalue weighted by molar-refractivity contribution is -0.0581. The lowest BCUT2D eigenvalue weighted by Crippen LogP contribution is -2.25. The van der Waals surface area contributed by atoms with E-state index in [1.165, 1.54) is 24.3 Å². The van der Waals surface area contributed by atoms with Crippen LogP contribution >= 0.6 is 0 Å². The number of para-hydroxylation sites is 1. The van der Waals surface area contributed by atoms with E-state index in [1.807, 2.05) is 0 Å². The van der Waals surface area contributed by atoms with Gasteiger partial charge in [-0.25, -0.2) is 9.98 Å². The summed E-state index contributed by atoms with van der Waals surface area (Å²) in [5.74, 6) is 0. The van der Waals surface area contributed by atoms with Crippen molar-refractivity contribution in [3.05, 3.63) is 78.6 Å². The first kappa shape index (κ1) is 15.9. The molecule has 3 nitrogen and oxygen atoms in total. The molecule has 6 heteroatoms. The maximum Gasteiger partial charge on any atom is 0.435 e. The molecule has 0 aliphatic heterocycles. The van der Waals surface area contributed by atoms with Gasteiger partial charge in [0.1, 0.15) is 0 Å². The summed E-state index contributed by atoms with van der Waals surface area (Å²) in [7, 11) is 0. The normalized spacial score (nSPS) is 12.2. The van der Waals surface area contributed by atoms with Gasteiger partial charge in [-0.1, -0.05) is 30.3 Å². The maximum absolute atomic E-state index is 13.4. The van der Waals surface area contributed by atoms with Crippen LogP contribution in [0.25, 0.3) is 11.4 Å². The Labute approximate surface area is 136 Å². The van der Waals surface area contributed by atoms with Gasteiger partial charge in [-0.15, -0.1) is 0 Å². The minimum absolute atomic E-state index is 0.217. The van der Waals surface area contributed by atoms with Crippen LogP contribution in [0.5, 0.6) is 0 Å². The zero-order valence-electron chi connectivity index (χ0n) is 12.4. The molecule has 0 bridgehead atoms. The van der Waals surface area contributed by atoms with E-state index < -0.39 is 11.9 Å². The van der Waals surface area contributed by atoms with Crippen molar-refractivity contribution >= 4 is 11.4 Å². The average Bonchev–Trinajstić information content (AvgIpc) is 2.60. The van der Waals surface area contributed by atoms with Crippen LogP contribution in [0.2, 0.25) is 0 Å². The van der Waals surface area contributed by atoms with E-state index in [1.54, 1.807) is 48.7 Å². The highest BCUT2D eigenvalue weighted by atomic mass is 19.4. The van der Waals surface area contributed by atoms with E-state index in [0.29, 0.717) is 11.4 Å². The Hall–Kier alpha value is -3.02. The van der Waals surface area contributed by atoms with Gasteiger partial charge in [-0.2, -0.15) is 13.2 Å². The number of aromatic nitrogens is 2. The number of hydrogen-bond acceptors (Lipinski definition) is 3. The first-order valence-corrected chi connectivity index (χ1v) is 7.14. The van der Waals surface area contributed by atoms with E-state index >= 15 is 0 Å². The lowest BCUT2D eigenvalue weighted by atomic mass is 10.2. The summed E-state index contributed by atoms with van der Waals surface area (Å²) in [6.07, 6.45) is -3.06. The summed E-state index contributed by atoms with van der Waals surface area (Å²) in [6.45, 7) is 0. The van der Waals surface area contributed by atoms with Gasteiger partial charge in [-0.3, -0.25) is 4.98 Å². The van der Waals surface area contributed by atoms with E-state index in [-0.39, 0.29) is 11.4 Å². The first-order valence-electron chi connectivity index (χ1n) is 7.14. The molecular weight excluding hydrogens is 315 g/mol. The average molecular weight is 327 g/mol. The molecule has 2 heterocycles. The van der Waals surface area contributed by atoms with E-state index in [4.69, 9.17) is 0 Å². The smallest absolute Gasteiger partial charge is 0.255 e. The largest absolute Gasteiger partial charge is 0.435 e. The molecular formula is C18H12F3N3. The summed E-state index contributed by atoms with van der Waals surface area (Å²) in [5, 5.41) is 0. The predicted molar refractivity (Wildman–Crippen MR) is 86.2 cm³/mol. The molecule has 0 aliphatic carbocycles. The highest BCUT2D eigenvalue weighted by molar-refractivity contribution is 6.04. The minimum atomic E-state index is -4.62. The van der Waals surface area contributed by atoms with Crippen molar-refractivity contribution in [1.82, 2.24) is 9.97 Å². The Kier molecular flexibility index (Phi) is 4.37. The molecule has 24 heavy (non-hydrogen) atoms. The number of hydrogen-bond donors (Lipinski definition) is 0. The standard InChI is InChI=1S/C18H12F3N3/c19-18(20,21)17(23-13-7-2-1-3-8-13)16-11-6-10-15(24-16)14-9-4-5-12-22-14/h1-12H. The molecule has 2 aromatic heterocycles. The number of nitrogens with zero attached hydrogens (tertiary/aromatic N) is 3. The van der Waals surface area contributed by atoms with Crippen LogP contribution < -0.4 is 0 Å². The van der Waals surface area contributed by atoms with Crippen molar-refractivity contribution in [3.8, 4) is 11.4 Å². The second kappa shape index (κ2) is 6.62. The predicted octanol–water partition coefficient (Wildman–Crippen LogP) is 4.83. The Morgan fingerprint density at radius 3 is 2.17 bits per heavy atom. The van der Waals surface area contributed by atoms with Crippen molar-refractivity contribution in [2.75, 3.05) is 0 Å². The van der Waals surface area contributed by atoms with Gasteiger partial charge in [0.05, 0.1) is 22.8 Å². The maximum atomic E-state index is 13.4. The van der Waals surface area contributed by atoms with Crippen LogP contribution in [0, 0.1) is 0 Å². The van der Waals surface area contributed by atoms with Crippen LogP contribution in [-0.4, -0.2) is 21.9 Å². The molecule has 0 saturated heterocycles. The highest BCUT2D eigenvalue weighted by Gasteiger charge is 2.38. The van der Waals surface area contributed by atoms with Crippen LogP contribution in [0.3, 0.4) is 0 Å². The Balaban J connectivity index is 2.08. The molecule has 0 unspecified atom stereocenters. The summed E-state index contributed by atoms with van der Waals surface area (Å²) >= 11 is 0. The molecule has 0 radical (unpaired) electrons. The number of halogens is 3. The molecule has 3 aromatic rings. The summed E-state index contributed by atoms with van der Waals surface area (Å²) in [5.41, 5.74) is -0.199. The SMILES string of the molecule is FC(F)(F)C(=Nc1ccccc1)c1cccc(-c2ccccn2)n1. The number of rotatable bonds is 3. The fourth-order valence-corrected chi connectivity index (χ4v) is 2.12. The quantitative estimate of drug-likeness (QED) is 0.646. The first-order chi connectivity index (χ1) is 11.5. The van der Waals surface area contributed by atoms with Crippen LogP contribution in [-0.2, 0) is 0 Å². The number of benzene rings is 1. The Bertz CT molecular complexity index is 844. The number of aliphatic imine (C=N–C) groups is 1. The van der Waals surface area contributed by atoms with Crippen LogP contribution in [0.4, 0.5) is 18.9 Å². The molecule has 0 amide bonds. The van der Waals surface area contributed by atoms with Crippen LogP contribution in [0.15, 0.2) is 77.9 Å². The highest BCUT2D eigenvalue weighted by Crippen LogP contribution is 2.26. The van der Waals surface area contributed by atoms with Gasteiger partial charge in [0, 0.05) is 6.20 Å². The molecule has 3 rings (SSSR count). The third-order valence-electron chi connectivity index (χ3n) is 3.18. The van der Waals surface area contributed by atoms with Crippen LogP contribution in [0.1, 0.15) is 5.69 Å². The third kappa shape index (κ3) is 3.65. The van der Waals surface area contributed by atoms with Crippen molar-refractivity contribution in [1.29, 1.82) is 0 Å². The summed E-state index contributed by atoms with van der Waals surface area (Å²) in [6, 6.07) is 17.6. The van der Waals surface area contributed by atoms with Crippen molar-refractivity contribution < 1.29 is 13.2 Å². The summed E-state index contributed by atoms with van der Waals surface area (Å²) < 4.78 is 40.3. The molecule has 1 aromatic carbocycles. The fraction of sp³-hybridized carbons (Fsp3) is 0.0556. The molecule has 0 atom stereocenters. The van der Waals surface area contributed by atoms with Gasteiger partial charge < -0.3 is 0 Å². The second-order valence-electron chi connectivity index (χ2n) is 4.92. The minimum Gasteiger partial charge on any atom is -0.255 e. The topological polar surface area (TPSA) is 38.1 Å². The van der Waals surface area contributed by atoms with Crippen molar-refractivity contribution in [3.63, 3.8) is 0 Å². The number of alkyl halides is 3. The van der Waals surface area contributed by atoms with Gasteiger partial charge in [0.2, 0.25) is 0 Å². The van der Waals surface area contributed by atoms with Gasteiger partial charge >= 0.3 is 6.18 Å². The van der Waals surface area contributed by atoms with Gasteiger partial charge in [0.25, 0.3) is 0 Å². The summed E-state index contributed by atoms with van der Waals surface area (Å²) in [4.78, 5) is 11.9. The van der Waals surface area contributed by atoms with Crippen molar-refractivity contribution in [2.45, 2.75) is 6.18 Å². The molecule has 0 aliphatic rings. The van der Waals surface area contributed by atoms with E-state index in [0.717, 1.165) is 0 Å². The zero-order valence-corrected chi connectivity index (χ0v) is 12.4. The molecule has 0 N–H and O–H groups in total. The Morgan fingerprint density at radius 2 is 1.50 bits per heavy atom. The lowest BCUT2D eigenvalue weighted by Gasteiger charge is -2.11. The molecule has 0 saturated carbocycles.